The summed E-state index contributed by atoms with van der Waals surface area (Å²) >= 11 is 1.27. The third-order valence-electron chi connectivity index (χ3n) is 3.20. The van der Waals surface area contributed by atoms with E-state index in [-0.39, 0.29) is 12.0 Å². The molecule has 3 rings (SSSR count). The predicted octanol–water partition coefficient (Wildman–Crippen LogP) is 1.11. The zero-order valence-electron chi connectivity index (χ0n) is 11.6. The Labute approximate surface area is 125 Å². The van der Waals surface area contributed by atoms with Gasteiger partial charge in [0.05, 0.1) is 12.6 Å². The molecule has 9 nitrogen and oxygen atoms in total. The highest BCUT2D eigenvalue weighted by Gasteiger charge is 2.22. The monoisotopic (exact) mass is 308 g/mol. The Morgan fingerprint density at radius 2 is 2.10 bits per heavy atom. The van der Waals surface area contributed by atoms with E-state index in [1.807, 2.05) is 11.6 Å². The molecule has 0 saturated heterocycles. The molecule has 2 heterocycles. The molecule has 2 N–H and O–H groups in total. The summed E-state index contributed by atoms with van der Waals surface area (Å²) in [6, 6.07) is 0.570. The minimum atomic E-state index is 0.121. The van der Waals surface area contributed by atoms with E-state index in [9.17, 15) is 0 Å². The van der Waals surface area contributed by atoms with Crippen LogP contribution in [0.1, 0.15) is 38.6 Å². The molecule has 112 valence electrons. The largest absolute Gasteiger partial charge is 0.464 e. The number of aromatic nitrogens is 7. The zero-order valence-corrected chi connectivity index (χ0v) is 12.5. The number of rotatable bonds is 5. The fraction of sp³-hybridized carbons (Fsp3) is 0.636. The van der Waals surface area contributed by atoms with Crippen molar-refractivity contribution in [3.8, 4) is 6.01 Å². The van der Waals surface area contributed by atoms with Crippen molar-refractivity contribution in [1.29, 1.82) is 0 Å². The molecule has 0 atom stereocenters. The van der Waals surface area contributed by atoms with E-state index in [1.54, 1.807) is 0 Å². The van der Waals surface area contributed by atoms with Crippen molar-refractivity contribution in [3.63, 3.8) is 0 Å². The number of hydrogen-bond donors (Lipinski definition) is 1. The quantitative estimate of drug-likeness (QED) is 0.866. The van der Waals surface area contributed by atoms with Crippen LogP contribution < -0.4 is 10.5 Å². The van der Waals surface area contributed by atoms with Gasteiger partial charge < -0.3 is 10.5 Å². The zero-order chi connectivity index (χ0) is 14.7. The topological polar surface area (TPSA) is 118 Å². The lowest BCUT2D eigenvalue weighted by molar-refractivity contribution is 0.308. The van der Waals surface area contributed by atoms with Crippen molar-refractivity contribution in [1.82, 2.24) is 35.2 Å². The Balaban J connectivity index is 1.82. The molecule has 1 saturated carbocycles. The van der Waals surface area contributed by atoms with Gasteiger partial charge in [-0.2, -0.15) is 15.0 Å². The molecular weight excluding hydrogens is 292 g/mol. The standard InChI is InChI=1S/C11H16N8OS/c1-2-20-9-13-8(12)14-10(15-9)21-11-16-17-18-19(11)7-5-3-4-6-7/h7H,2-6H2,1H3,(H2,12,13,14,15). The fourth-order valence-corrected chi connectivity index (χ4v) is 3.09. The van der Waals surface area contributed by atoms with Crippen molar-refractivity contribution in [3.05, 3.63) is 0 Å². The third kappa shape index (κ3) is 3.20. The van der Waals surface area contributed by atoms with Crippen LogP contribution in [-0.4, -0.2) is 41.8 Å². The summed E-state index contributed by atoms with van der Waals surface area (Å²) in [6.07, 6.45) is 4.62. The Hall–Kier alpha value is -1.97. The number of hydrogen-bond acceptors (Lipinski definition) is 9. The van der Waals surface area contributed by atoms with Crippen molar-refractivity contribution < 1.29 is 4.74 Å². The van der Waals surface area contributed by atoms with Gasteiger partial charge in [0.1, 0.15) is 0 Å². The van der Waals surface area contributed by atoms with Crippen LogP contribution >= 0.6 is 11.8 Å². The molecule has 0 amide bonds. The molecule has 21 heavy (non-hydrogen) atoms. The first-order chi connectivity index (χ1) is 10.3. The van der Waals surface area contributed by atoms with E-state index in [0.717, 1.165) is 12.8 Å². The lowest BCUT2D eigenvalue weighted by Gasteiger charge is -2.10. The van der Waals surface area contributed by atoms with Gasteiger partial charge in [0.15, 0.2) is 0 Å². The summed E-state index contributed by atoms with van der Waals surface area (Å²) < 4.78 is 7.11. The van der Waals surface area contributed by atoms with Crippen LogP contribution in [0.25, 0.3) is 0 Å². The van der Waals surface area contributed by atoms with Crippen LogP contribution in [0.15, 0.2) is 10.3 Å². The molecule has 0 spiro atoms. The summed E-state index contributed by atoms with van der Waals surface area (Å²) in [4.78, 5) is 12.2. The lowest BCUT2D eigenvalue weighted by Crippen LogP contribution is -2.09. The lowest BCUT2D eigenvalue weighted by atomic mass is 10.3. The number of ether oxygens (including phenoxy) is 1. The maximum absolute atomic E-state index is 5.66. The maximum Gasteiger partial charge on any atom is 0.322 e. The fourth-order valence-electron chi connectivity index (χ4n) is 2.30. The second kappa shape index (κ2) is 6.20. The van der Waals surface area contributed by atoms with E-state index in [4.69, 9.17) is 10.5 Å². The molecule has 0 bridgehead atoms. The summed E-state index contributed by atoms with van der Waals surface area (Å²) in [7, 11) is 0. The van der Waals surface area contributed by atoms with Gasteiger partial charge in [-0.15, -0.1) is 5.10 Å². The number of nitrogens with two attached hydrogens (primary N) is 1. The van der Waals surface area contributed by atoms with Crippen LogP contribution in [0.4, 0.5) is 5.95 Å². The second-order valence-corrected chi connectivity index (χ2v) is 5.57. The van der Waals surface area contributed by atoms with Crippen LogP contribution in [0.2, 0.25) is 0 Å². The molecule has 0 aromatic carbocycles. The normalized spacial score (nSPS) is 15.5. The van der Waals surface area contributed by atoms with Gasteiger partial charge in [-0.3, -0.25) is 0 Å². The Morgan fingerprint density at radius 3 is 2.86 bits per heavy atom. The van der Waals surface area contributed by atoms with Crippen LogP contribution in [0, 0.1) is 0 Å². The van der Waals surface area contributed by atoms with E-state index in [0.29, 0.717) is 23.0 Å². The highest BCUT2D eigenvalue weighted by Crippen LogP contribution is 2.33. The van der Waals surface area contributed by atoms with E-state index in [2.05, 4.69) is 30.5 Å². The Morgan fingerprint density at radius 1 is 1.29 bits per heavy atom. The average Bonchev–Trinajstić information content (AvgIpc) is 3.08. The highest BCUT2D eigenvalue weighted by atomic mass is 32.2. The van der Waals surface area contributed by atoms with Crippen LogP contribution in [0.5, 0.6) is 6.01 Å². The number of nitrogens with zero attached hydrogens (tertiary/aromatic N) is 7. The number of nitrogen functional groups attached to an aromatic ring is 1. The second-order valence-electron chi connectivity index (χ2n) is 4.64. The van der Waals surface area contributed by atoms with Crippen molar-refractivity contribution in [2.75, 3.05) is 12.3 Å². The average molecular weight is 308 g/mol. The summed E-state index contributed by atoms with van der Waals surface area (Å²) in [6.45, 7) is 2.32. The summed E-state index contributed by atoms with van der Waals surface area (Å²) in [5.74, 6) is 0.121. The molecule has 0 radical (unpaired) electrons. The number of tetrazole rings is 1. The van der Waals surface area contributed by atoms with Crippen LogP contribution in [-0.2, 0) is 0 Å². The molecule has 0 aliphatic heterocycles. The molecule has 1 aliphatic rings. The minimum Gasteiger partial charge on any atom is -0.464 e. The molecule has 10 heteroatoms. The van der Waals surface area contributed by atoms with Gasteiger partial charge >= 0.3 is 6.01 Å². The smallest absolute Gasteiger partial charge is 0.322 e. The molecule has 1 aliphatic carbocycles. The van der Waals surface area contributed by atoms with E-state index >= 15 is 0 Å². The Kier molecular flexibility index (Phi) is 4.13. The van der Waals surface area contributed by atoms with Gasteiger partial charge in [-0.1, -0.05) is 12.8 Å². The first kappa shape index (κ1) is 14.0. The molecule has 1 fully saturated rings. The van der Waals surface area contributed by atoms with Gasteiger partial charge in [0.25, 0.3) is 0 Å². The van der Waals surface area contributed by atoms with E-state index < -0.39 is 0 Å². The maximum atomic E-state index is 5.66. The molecular formula is C11H16N8OS. The van der Waals surface area contributed by atoms with E-state index in [1.165, 1.54) is 24.6 Å². The van der Waals surface area contributed by atoms with Gasteiger partial charge in [-0.05, 0) is 42.0 Å². The number of anilines is 1. The third-order valence-corrected chi connectivity index (χ3v) is 4.02. The highest BCUT2D eigenvalue weighted by molar-refractivity contribution is 7.99. The summed E-state index contributed by atoms with van der Waals surface area (Å²) in [5, 5.41) is 13.0. The first-order valence-corrected chi connectivity index (χ1v) is 7.68. The molecule has 2 aromatic rings. The van der Waals surface area contributed by atoms with Crippen LogP contribution in [0.3, 0.4) is 0 Å². The van der Waals surface area contributed by atoms with Crippen molar-refractivity contribution in [2.24, 2.45) is 0 Å². The summed E-state index contributed by atoms with van der Waals surface area (Å²) in [5.41, 5.74) is 5.66. The molecule has 0 unspecified atom stereocenters. The predicted molar refractivity (Wildman–Crippen MR) is 74.9 cm³/mol. The Bertz CT molecular complexity index is 612. The first-order valence-electron chi connectivity index (χ1n) is 6.86. The van der Waals surface area contributed by atoms with Gasteiger partial charge in [-0.25, -0.2) is 4.68 Å². The van der Waals surface area contributed by atoms with Crippen molar-refractivity contribution in [2.45, 2.75) is 49.0 Å². The molecule has 2 aromatic heterocycles. The minimum absolute atomic E-state index is 0.121. The van der Waals surface area contributed by atoms with Gasteiger partial charge in [0, 0.05) is 0 Å². The SMILES string of the molecule is CCOc1nc(N)nc(Sc2nnnn2C2CCCC2)n1. The van der Waals surface area contributed by atoms with Crippen molar-refractivity contribution >= 4 is 17.7 Å². The van der Waals surface area contributed by atoms with Gasteiger partial charge in [0.2, 0.25) is 16.3 Å².